The van der Waals surface area contributed by atoms with Gasteiger partial charge in [0, 0.05) is 6.54 Å². The largest absolute Gasteiger partial charge is 0.471 e. The first-order valence-electron chi connectivity index (χ1n) is 10.5. The Balaban J connectivity index is 1.72. The predicted octanol–water partition coefficient (Wildman–Crippen LogP) is 4.01. The van der Waals surface area contributed by atoms with Crippen molar-refractivity contribution in [3.05, 3.63) is 42.2 Å². The lowest BCUT2D eigenvalue weighted by Gasteiger charge is -2.32. The molecule has 0 aliphatic carbocycles. The Kier molecular flexibility index (Phi) is 7.84. The Hall–Kier alpha value is -2.52. The number of nitrogens with two attached hydrogens (primary N) is 1. The Morgan fingerprint density at radius 3 is 2.44 bits per heavy atom. The first-order chi connectivity index (χ1) is 15.3. The lowest BCUT2D eigenvalue weighted by Crippen LogP contribution is -2.29. The van der Waals surface area contributed by atoms with Crippen molar-refractivity contribution >= 4 is 24.7 Å². The van der Waals surface area contributed by atoms with Crippen molar-refractivity contribution in [1.82, 2.24) is 19.5 Å². The van der Waals surface area contributed by atoms with Crippen LogP contribution in [0.2, 0.25) is 0 Å². The molecule has 2 aromatic heterocycles. The van der Waals surface area contributed by atoms with E-state index in [1.54, 1.807) is 38.6 Å². The number of hydrogen-bond acceptors (Lipinski definition) is 9. The fourth-order valence-electron chi connectivity index (χ4n) is 3.09. The molecule has 174 valence electrons. The van der Waals surface area contributed by atoms with E-state index in [9.17, 15) is 4.57 Å². The zero-order valence-electron chi connectivity index (χ0n) is 18.9. The fourth-order valence-corrected chi connectivity index (χ4v) is 4.71. The van der Waals surface area contributed by atoms with Gasteiger partial charge in [-0.25, -0.2) is 4.98 Å². The Bertz CT molecular complexity index is 1060. The smallest absolute Gasteiger partial charge is 0.361 e. The van der Waals surface area contributed by atoms with Gasteiger partial charge < -0.3 is 28.8 Å². The van der Waals surface area contributed by atoms with Gasteiger partial charge in [-0.15, -0.1) is 0 Å². The minimum atomic E-state index is -3.44. The number of ether oxygens (including phenoxy) is 2. The first-order valence-corrected chi connectivity index (χ1v) is 12.0. The van der Waals surface area contributed by atoms with Crippen LogP contribution in [0.4, 0.5) is 5.95 Å². The first kappa shape index (κ1) is 24.1. The SMILES string of the molecule is CCOP(=O)(OCC)C(C)(C)OCCn1cnc2c(OCc3ccccc3)nc(N)nc21. The highest BCUT2D eigenvalue weighted by Gasteiger charge is 2.44. The number of aromatic nitrogens is 4. The summed E-state index contributed by atoms with van der Waals surface area (Å²) < 4.78 is 37.5. The van der Waals surface area contributed by atoms with Crippen LogP contribution in [0.5, 0.6) is 5.88 Å². The predicted molar refractivity (Wildman–Crippen MR) is 121 cm³/mol. The summed E-state index contributed by atoms with van der Waals surface area (Å²) in [6.45, 7) is 8.40. The quantitative estimate of drug-likeness (QED) is 0.397. The van der Waals surface area contributed by atoms with E-state index in [1.165, 1.54) is 0 Å². The van der Waals surface area contributed by atoms with Gasteiger partial charge in [-0.1, -0.05) is 30.3 Å². The molecule has 32 heavy (non-hydrogen) atoms. The molecule has 0 aliphatic heterocycles. The van der Waals surface area contributed by atoms with E-state index in [4.69, 9.17) is 24.3 Å². The summed E-state index contributed by atoms with van der Waals surface area (Å²) in [5.41, 5.74) is 7.93. The molecular weight excluding hydrogens is 433 g/mol. The highest BCUT2D eigenvalue weighted by atomic mass is 31.2. The summed E-state index contributed by atoms with van der Waals surface area (Å²) in [7, 11) is -3.44. The maximum Gasteiger partial charge on any atom is 0.361 e. The molecule has 3 rings (SSSR count). The second-order valence-corrected chi connectivity index (χ2v) is 9.99. The number of benzene rings is 1. The Labute approximate surface area is 187 Å². The highest BCUT2D eigenvalue weighted by molar-refractivity contribution is 7.55. The summed E-state index contributed by atoms with van der Waals surface area (Å²) in [6, 6.07) is 9.74. The van der Waals surface area contributed by atoms with Gasteiger partial charge in [0.25, 0.3) is 0 Å². The molecule has 0 saturated carbocycles. The maximum absolute atomic E-state index is 13.1. The van der Waals surface area contributed by atoms with Crippen LogP contribution in [-0.4, -0.2) is 44.7 Å². The Morgan fingerprint density at radius 2 is 1.78 bits per heavy atom. The molecule has 0 radical (unpaired) electrons. The lowest BCUT2D eigenvalue weighted by molar-refractivity contribution is 0.00990. The normalized spacial score (nSPS) is 12.4. The van der Waals surface area contributed by atoms with Crippen molar-refractivity contribution in [2.45, 2.75) is 46.2 Å². The van der Waals surface area contributed by atoms with Crippen LogP contribution >= 0.6 is 7.60 Å². The zero-order chi connectivity index (χ0) is 23.2. The summed E-state index contributed by atoms with van der Waals surface area (Å²) in [6.07, 6.45) is 1.62. The van der Waals surface area contributed by atoms with Crippen LogP contribution in [0, 0.1) is 0 Å². The van der Waals surface area contributed by atoms with Crippen LogP contribution in [0.1, 0.15) is 33.3 Å². The monoisotopic (exact) mass is 463 g/mol. The van der Waals surface area contributed by atoms with E-state index in [-0.39, 0.29) is 25.8 Å². The highest BCUT2D eigenvalue weighted by Crippen LogP contribution is 2.60. The number of imidazole rings is 1. The van der Waals surface area contributed by atoms with E-state index >= 15 is 0 Å². The van der Waals surface area contributed by atoms with Crippen LogP contribution in [0.25, 0.3) is 11.2 Å². The molecule has 0 bridgehead atoms. The molecule has 2 N–H and O–H groups in total. The van der Waals surface area contributed by atoms with E-state index in [1.807, 2.05) is 30.3 Å². The van der Waals surface area contributed by atoms with Crippen LogP contribution < -0.4 is 10.5 Å². The molecule has 0 spiro atoms. The van der Waals surface area contributed by atoms with Gasteiger partial charge in [0.2, 0.25) is 11.8 Å². The topological polar surface area (TPSA) is 124 Å². The van der Waals surface area contributed by atoms with E-state index in [0.717, 1.165) is 5.56 Å². The van der Waals surface area contributed by atoms with E-state index in [0.29, 0.717) is 30.2 Å². The minimum absolute atomic E-state index is 0.0840. The number of hydrogen-bond donors (Lipinski definition) is 1. The van der Waals surface area contributed by atoms with Gasteiger partial charge in [0.1, 0.15) is 6.61 Å². The van der Waals surface area contributed by atoms with Gasteiger partial charge >= 0.3 is 7.60 Å². The third kappa shape index (κ3) is 5.45. The van der Waals surface area contributed by atoms with E-state index in [2.05, 4.69) is 15.0 Å². The van der Waals surface area contributed by atoms with Crippen molar-refractivity contribution in [3.8, 4) is 5.88 Å². The third-order valence-electron chi connectivity index (χ3n) is 4.71. The van der Waals surface area contributed by atoms with Gasteiger partial charge in [0.05, 0.1) is 26.1 Å². The lowest BCUT2D eigenvalue weighted by atomic mass is 10.2. The molecule has 11 heteroatoms. The molecule has 0 unspecified atom stereocenters. The number of anilines is 1. The van der Waals surface area contributed by atoms with Gasteiger partial charge in [-0.3, -0.25) is 4.57 Å². The molecular formula is C21H30N5O5P. The second kappa shape index (κ2) is 10.4. The summed E-state index contributed by atoms with van der Waals surface area (Å²) in [5, 5.41) is -1.12. The molecule has 0 aliphatic rings. The van der Waals surface area contributed by atoms with Crippen molar-refractivity contribution < 1.29 is 23.1 Å². The van der Waals surface area contributed by atoms with Crippen molar-refractivity contribution in [3.63, 3.8) is 0 Å². The molecule has 10 nitrogen and oxygen atoms in total. The van der Waals surface area contributed by atoms with Gasteiger partial charge in [-0.2, -0.15) is 9.97 Å². The number of nitrogens with zero attached hydrogens (tertiary/aromatic N) is 4. The summed E-state index contributed by atoms with van der Waals surface area (Å²) in [4.78, 5) is 12.9. The summed E-state index contributed by atoms with van der Waals surface area (Å²) in [5.74, 6) is 0.397. The maximum atomic E-state index is 13.1. The van der Waals surface area contributed by atoms with Gasteiger partial charge in [-0.05, 0) is 33.3 Å². The number of rotatable bonds is 12. The molecule has 2 heterocycles. The van der Waals surface area contributed by atoms with Crippen LogP contribution in [0.3, 0.4) is 0 Å². The molecule has 0 amide bonds. The minimum Gasteiger partial charge on any atom is -0.471 e. The molecule has 3 aromatic rings. The van der Waals surface area contributed by atoms with Crippen LogP contribution in [-0.2, 0) is 31.5 Å². The number of nitrogen functional groups attached to an aromatic ring is 1. The molecule has 0 atom stereocenters. The standard InChI is InChI=1S/C21H30N5O5P/c1-5-30-32(27,31-6-2)21(3,4)29-13-12-26-15-23-17-18(26)24-20(22)25-19(17)28-14-16-10-8-7-9-11-16/h7-11,15H,5-6,12-14H2,1-4H3,(H2,22,24,25). The fraction of sp³-hybridized carbons (Fsp3) is 0.476. The zero-order valence-corrected chi connectivity index (χ0v) is 19.7. The van der Waals surface area contributed by atoms with Crippen LogP contribution in [0.15, 0.2) is 36.7 Å². The Morgan fingerprint density at radius 1 is 1.09 bits per heavy atom. The summed E-state index contributed by atoms with van der Waals surface area (Å²) >= 11 is 0. The second-order valence-electron chi connectivity index (χ2n) is 7.40. The molecule has 0 fully saturated rings. The molecule has 0 saturated heterocycles. The van der Waals surface area contributed by atoms with Gasteiger partial charge in [0.15, 0.2) is 16.5 Å². The van der Waals surface area contributed by atoms with Crippen molar-refractivity contribution in [1.29, 1.82) is 0 Å². The average molecular weight is 463 g/mol. The third-order valence-corrected chi connectivity index (χ3v) is 7.36. The van der Waals surface area contributed by atoms with Crippen molar-refractivity contribution in [2.75, 3.05) is 25.6 Å². The number of fused-ring (bicyclic) bond motifs is 1. The molecule has 1 aromatic carbocycles. The average Bonchev–Trinajstić information content (AvgIpc) is 3.15. The van der Waals surface area contributed by atoms with E-state index < -0.39 is 12.9 Å². The van der Waals surface area contributed by atoms with Crippen molar-refractivity contribution in [2.24, 2.45) is 0 Å².